The number of aromatic nitrogens is 2. The minimum absolute atomic E-state index is 0.0462. The van der Waals surface area contributed by atoms with E-state index in [-0.39, 0.29) is 24.2 Å². The summed E-state index contributed by atoms with van der Waals surface area (Å²) in [5.41, 5.74) is 3.17. The largest absolute Gasteiger partial charge is 0.469 e. The van der Waals surface area contributed by atoms with Crippen LogP contribution in [0.5, 0.6) is 0 Å². The highest BCUT2D eigenvalue weighted by Gasteiger charge is 2.24. The van der Waals surface area contributed by atoms with Crippen LogP contribution in [0.15, 0.2) is 21.5 Å². The van der Waals surface area contributed by atoms with E-state index in [1.165, 1.54) is 0 Å². The van der Waals surface area contributed by atoms with Crippen molar-refractivity contribution < 1.29 is 9.21 Å². The van der Waals surface area contributed by atoms with E-state index in [2.05, 4.69) is 20.8 Å². The molecule has 3 N–H and O–H groups in total. The molecule has 1 aliphatic carbocycles. The van der Waals surface area contributed by atoms with Crippen LogP contribution in [0.4, 0.5) is 4.79 Å². The highest BCUT2D eigenvalue weighted by Crippen LogP contribution is 2.30. The number of hydrogen-bond acceptors (Lipinski definition) is 4. The van der Waals surface area contributed by atoms with Gasteiger partial charge in [-0.3, -0.25) is 4.79 Å². The molecule has 1 atom stereocenters. The molecule has 25 heavy (non-hydrogen) atoms. The van der Waals surface area contributed by atoms with Crippen LogP contribution in [0.25, 0.3) is 0 Å². The van der Waals surface area contributed by atoms with Gasteiger partial charge in [0.2, 0.25) is 0 Å². The summed E-state index contributed by atoms with van der Waals surface area (Å²) in [4.78, 5) is 24.4. The molecule has 2 amide bonds. The lowest BCUT2D eigenvalue weighted by Gasteiger charge is -2.23. The number of carbonyl (C=O) groups excluding carboxylic acids is 1. The molecule has 0 radical (unpaired) electrons. The van der Waals surface area contributed by atoms with Crippen molar-refractivity contribution in [1.29, 1.82) is 0 Å². The topological polar surface area (TPSA) is 100 Å². The lowest BCUT2D eigenvalue weighted by molar-refractivity contribution is 0.234. The molecular weight excluding hydrogens is 320 g/mol. The fourth-order valence-electron chi connectivity index (χ4n) is 3.48. The predicted molar refractivity (Wildman–Crippen MR) is 93.4 cm³/mol. The second kappa shape index (κ2) is 7.55. The Morgan fingerprint density at radius 1 is 1.36 bits per heavy atom. The molecule has 7 heteroatoms. The van der Waals surface area contributed by atoms with Gasteiger partial charge in [0.1, 0.15) is 5.76 Å². The molecule has 2 aromatic heterocycles. The van der Waals surface area contributed by atoms with Crippen LogP contribution in [0.2, 0.25) is 0 Å². The first-order valence-electron chi connectivity index (χ1n) is 8.83. The van der Waals surface area contributed by atoms with Crippen LogP contribution < -0.4 is 16.2 Å². The second-order valence-electron chi connectivity index (χ2n) is 6.23. The molecular formula is C18H24N4O3. The maximum Gasteiger partial charge on any atom is 0.315 e. The van der Waals surface area contributed by atoms with Gasteiger partial charge in [0.25, 0.3) is 5.56 Å². The number of nitrogens with zero attached hydrogens (tertiary/aromatic N) is 1. The summed E-state index contributed by atoms with van der Waals surface area (Å²) in [6, 6.07) is 1.58. The molecule has 0 spiro atoms. The fourth-order valence-corrected chi connectivity index (χ4v) is 3.48. The van der Waals surface area contributed by atoms with Crippen molar-refractivity contribution in [3.63, 3.8) is 0 Å². The number of urea groups is 1. The maximum absolute atomic E-state index is 12.3. The first-order chi connectivity index (χ1) is 12.1. The Hall–Kier alpha value is -2.57. The number of fused-ring (bicyclic) bond motifs is 1. The summed E-state index contributed by atoms with van der Waals surface area (Å²) >= 11 is 0. The van der Waals surface area contributed by atoms with Gasteiger partial charge in [0, 0.05) is 17.5 Å². The summed E-state index contributed by atoms with van der Waals surface area (Å²) in [5.74, 6) is 0.947. The van der Waals surface area contributed by atoms with Gasteiger partial charge in [-0.25, -0.2) is 9.89 Å². The Bertz CT molecular complexity index is 809. The number of H-pyrrole nitrogens is 1. The van der Waals surface area contributed by atoms with Crippen LogP contribution in [-0.4, -0.2) is 16.2 Å². The molecule has 0 saturated heterocycles. The Labute approximate surface area is 146 Å². The molecule has 2 heterocycles. The van der Waals surface area contributed by atoms with E-state index in [9.17, 15) is 9.59 Å². The van der Waals surface area contributed by atoms with Gasteiger partial charge in [-0.1, -0.05) is 13.8 Å². The quantitative estimate of drug-likeness (QED) is 0.775. The normalized spacial score (nSPS) is 16.3. The first kappa shape index (κ1) is 17.3. The van der Waals surface area contributed by atoms with Crippen molar-refractivity contribution in [2.75, 3.05) is 0 Å². The number of nitrogens with one attached hydrogen (secondary N) is 3. The van der Waals surface area contributed by atoms with Crippen molar-refractivity contribution >= 4 is 6.03 Å². The van der Waals surface area contributed by atoms with E-state index in [0.29, 0.717) is 12.0 Å². The summed E-state index contributed by atoms with van der Waals surface area (Å²) in [5, 5.41) is 12.4. The third-order valence-electron chi connectivity index (χ3n) is 4.75. The smallest absolute Gasteiger partial charge is 0.315 e. The van der Waals surface area contributed by atoms with Crippen molar-refractivity contribution in [1.82, 2.24) is 20.8 Å². The van der Waals surface area contributed by atoms with E-state index < -0.39 is 0 Å². The number of amides is 2. The highest BCUT2D eigenvalue weighted by molar-refractivity contribution is 5.74. The highest BCUT2D eigenvalue weighted by atomic mass is 16.3. The third-order valence-corrected chi connectivity index (χ3v) is 4.75. The zero-order valence-electron chi connectivity index (χ0n) is 14.6. The number of rotatable bonds is 5. The van der Waals surface area contributed by atoms with Gasteiger partial charge in [0.05, 0.1) is 24.5 Å². The SMILES string of the molecule is CCc1n[nH]c(=O)c(CNC(=O)NC2CCCc3occc32)c1CC. The fraction of sp³-hybridized carbons (Fsp3) is 0.500. The molecule has 0 fully saturated rings. The van der Waals surface area contributed by atoms with E-state index in [4.69, 9.17) is 4.42 Å². The molecule has 3 rings (SSSR count). The zero-order chi connectivity index (χ0) is 17.8. The lowest BCUT2D eigenvalue weighted by atomic mass is 9.93. The second-order valence-corrected chi connectivity index (χ2v) is 6.23. The summed E-state index contributed by atoms with van der Waals surface area (Å²) < 4.78 is 5.44. The van der Waals surface area contributed by atoms with Crippen LogP contribution in [0.3, 0.4) is 0 Å². The summed E-state index contributed by atoms with van der Waals surface area (Å²) in [6.07, 6.45) is 5.89. The van der Waals surface area contributed by atoms with Gasteiger partial charge < -0.3 is 15.1 Å². The Balaban J connectivity index is 1.67. The van der Waals surface area contributed by atoms with Crippen LogP contribution in [0, 0.1) is 0 Å². The van der Waals surface area contributed by atoms with Crippen molar-refractivity contribution in [2.45, 2.75) is 58.5 Å². The molecule has 1 unspecified atom stereocenters. The number of aryl methyl sites for hydroxylation is 2. The number of hydrogen-bond donors (Lipinski definition) is 3. The van der Waals surface area contributed by atoms with Gasteiger partial charge in [-0.2, -0.15) is 5.10 Å². The lowest BCUT2D eigenvalue weighted by Crippen LogP contribution is -2.39. The number of carbonyl (C=O) groups is 1. The molecule has 0 aliphatic heterocycles. The summed E-state index contributed by atoms with van der Waals surface area (Å²) in [6.45, 7) is 4.17. The molecule has 134 valence electrons. The van der Waals surface area contributed by atoms with Crippen molar-refractivity contribution in [3.05, 3.63) is 50.8 Å². The first-order valence-corrected chi connectivity index (χ1v) is 8.83. The Morgan fingerprint density at radius 3 is 2.96 bits per heavy atom. The van der Waals surface area contributed by atoms with Crippen LogP contribution >= 0.6 is 0 Å². The monoisotopic (exact) mass is 344 g/mol. The standard InChI is InChI=1S/C18H24N4O3/c1-3-11-13(17(23)22-21-14(11)4-2)10-19-18(24)20-15-6-5-7-16-12(15)8-9-25-16/h8-9,15H,3-7,10H2,1-2H3,(H,22,23)(H2,19,20,24). The Kier molecular flexibility index (Phi) is 5.21. The van der Waals surface area contributed by atoms with Crippen molar-refractivity contribution in [2.24, 2.45) is 0 Å². The minimum Gasteiger partial charge on any atom is -0.469 e. The average molecular weight is 344 g/mol. The van der Waals surface area contributed by atoms with Crippen LogP contribution in [-0.2, 0) is 25.8 Å². The summed E-state index contributed by atoms with van der Waals surface area (Å²) in [7, 11) is 0. The van der Waals surface area contributed by atoms with Crippen molar-refractivity contribution in [3.8, 4) is 0 Å². The molecule has 7 nitrogen and oxygen atoms in total. The zero-order valence-corrected chi connectivity index (χ0v) is 14.6. The van der Waals surface area contributed by atoms with E-state index in [0.717, 1.165) is 48.3 Å². The van der Waals surface area contributed by atoms with E-state index >= 15 is 0 Å². The van der Waals surface area contributed by atoms with Crippen LogP contribution in [0.1, 0.15) is 60.9 Å². The van der Waals surface area contributed by atoms with Gasteiger partial charge in [-0.15, -0.1) is 0 Å². The molecule has 1 aliphatic rings. The average Bonchev–Trinajstić information content (AvgIpc) is 3.10. The molecule has 0 aromatic carbocycles. The Morgan fingerprint density at radius 2 is 2.20 bits per heavy atom. The molecule has 0 saturated carbocycles. The predicted octanol–water partition coefficient (Wildman–Crippen LogP) is 2.36. The third kappa shape index (κ3) is 3.60. The van der Waals surface area contributed by atoms with E-state index in [1.807, 2.05) is 19.9 Å². The molecule has 2 aromatic rings. The maximum atomic E-state index is 12.3. The van der Waals surface area contributed by atoms with E-state index in [1.54, 1.807) is 6.26 Å². The number of aromatic amines is 1. The van der Waals surface area contributed by atoms with Gasteiger partial charge in [0.15, 0.2) is 0 Å². The molecule has 0 bridgehead atoms. The number of furan rings is 1. The minimum atomic E-state index is -0.282. The van der Waals surface area contributed by atoms with Gasteiger partial charge >= 0.3 is 6.03 Å². The van der Waals surface area contributed by atoms with Gasteiger partial charge in [-0.05, 0) is 37.3 Å².